The summed E-state index contributed by atoms with van der Waals surface area (Å²) in [4.78, 5) is 15.7. The van der Waals surface area contributed by atoms with Crippen LogP contribution in [0.15, 0.2) is 84.9 Å². The molecule has 0 amide bonds. The van der Waals surface area contributed by atoms with Gasteiger partial charge in [-0.15, -0.1) is 24.8 Å². The molecule has 1 aliphatic rings. The van der Waals surface area contributed by atoms with E-state index < -0.39 is 5.97 Å². The zero-order chi connectivity index (χ0) is 20.9. The van der Waals surface area contributed by atoms with Crippen molar-refractivity contribution < 1.29 is 9.90 Å². The van der Waals surface area contributed by atoms with E-state index in [1.54, 1.807) is 0 Å². The Morgan fingerprint density at radius 2 is 1.47 bits per heavy atom. The molecule has 3 aromatic carbocycles. The summed E-state index contributed by atoms with van der Waals surface area (Å²) in [6.07, 6.45) is 0. The number of rotatable bonds is 6. The Morgan fingerprint density at radius 3 is 2.09 bits per heavy atom. The second kappa shape index (κ2) is 12.0. The first-order valence-electron chi connectivity index (χ1n) is 10.5. The van der Waals surface area contributed by atoms with E-state index in [1.165, 1.54) is 22.3 Å². The molecular formula is C26H30Cl2N2O2. The molecule has 4 rings (SSSR count). The normalized spacial score (nSPS) is 17.6. The number of hydrogen-bond donors (Lipinski definition) is 1. The summed E-state index contributed by atoms with van der Waals surface area (Å²) in [5.41, 5.74) is 4.96. The molecule has 1 fully saturated rings. The Morgan fingerprint density at radius 1 is 0.875 bits per heavy atom. The van der Waals surface area contributed by atoms with Gasteiger partial charge in [-0.25, -0.2) is 0 Å². The number of aliphatic carboxylic acids is 1. The molecule has 0 saturated carbocycles. The van der Waals surface area contributed by atoms with Crippen molar-refractivity contribution in [2.75, 3.05) is 26.2 Å². The molecule has 1 N–H and O–H groups in total. The van der Waals surface area contributed by atoms with Crippen LogP contribution in [0.3, 0.4) is 0 Å². The summed E-state index contributed by atoms with van der Waals surface area (Å²) in [5, 5.41) is 9.20. The molecule has 170 valence electrons. The van der Waals surface area contributed by atoms with Crippen molar-refractivity contribution in [1.82, 2.24) is 9.80 Å². The second-order valence-corrected chi connectivity index (χ2v) is 8.01. The van der Waals surface area contributed by atoms with Crippen LogP contribution in [0.1, 0.15) is 24.1 Å². The average molecular weight is 473 g/mol. The van der Waals surface area contributed by atoms with Gasteiger partial charge in [0, 0.05) is 25.7 Å². The second-order valence-electron chi connectivity index (χ2n) is 8.01. The number of piperazine rings is 1. The molecule has 0 aliphatic carbocycles. The maximum atomic E-state index is 11.2. The maximum absolute atomic E-state index is 11.2. The van der Waals surface area contributed by atoms with Gasteiger partial charge in [-0.05, 0) is 35.2 Å². The Hall–Kier alpha value is -2.37. The molecule has 1 aliphatic heterocycles. The van der Waals surface area contributed by atoms with Crippen molar-refractivity contribution in [3.63, 3.8) is 0 Å². The Bertz CT molecular complexity index is 985. The van der Waals surface area contributed by atoms with E-state index in [9.17, 15) is 9.90 Å². The van der Waals surface area contributed by atoms with E-state index in [2.05, 4.69) is 89.5 Å². The minimum absolute atomic E-state index is 0. The fourth-order valence-electron chi connectivity index (χ4n) is 4.43. The minimum atomic E-state index is -0.759. The Kier molecular flexibility index (Phi) is 9.73. The third-order valence-corrected chi connectivity index (χ3v) is 5.92. The van der Waals surface area contributed by atoms with Gasteiger partial charge >= 0.3 is 5.97 Å². The van der Waals surface area contributed by atoms with Crippen molar-refractivity contribution in [3.05, 3.63) is 96.1 Å². The predicted molar refractivity (Wildman–Crippen MR) is 135 cm³/mol. The lowest BCUT2D eigenvalue weighted by Crippen LogP contribution is -2.54. The summed E-state index contributed by atoms with van der Waals surface area (Å²) in [6.45, 7) is 4.66. The highest BCUT2D eigenvalue weighted by molar-refractivity contribution is 5.85. The summed E-state index contributed by atoms with van der Waals surface area (Å²) < 4.78 is 0. The van der Waals surface area contributed by atoms with Gasteiger partial charge in [0.1, 0.15) is 0 Å². The fourth-order valence-corrected chi connectivity index (χ4v) is 4.43. The first-order chi connectivity index (χ1) is 14.6. The van der Waals surface area contributed by atoms with Crippen LogP contribution in [-0.2, 0) is 4.79 Å². The molecule has 4 nitrogen and oxygen atoms in total. The Balaban J connectivity index is 0.00000181. The fraction of sp³-hybridized carbons (Fsp3) is 0.269. The maximum Gasteiger partial charge on any atom is 0.317 e. The van der Waals surface area contributed by atoms with E-state index in [1.807, 2.05) is 12.1 Å². The van der Waals surface area contributed by atoms with Gasteiger partial charge in [0.25, 0.3) is 0 Å². The molecule has 0 aromatic heterocycles. The van der Waals surface area contributed by atoms with Crippen LogP contribution in [0.4, 0.5) is 0 Å². The van der Waals surface area contributed by atoms with E-state index in [0.29, 0.717) is 0 Å². The molecule has 1 saturated heterocycles. The molecule has 3 aromatic rings. The van der Waals surface area contributed by atoms with Crippen LogP contribution in [0, 0.1) is 0 Å². The molecule has 6 heteroatoms. The predicted octanol–water partition coefficient (Wildman–Crippen LogP) is 5.38. The van der Waals surface area contributed by atoms with Crippen LogP contribution >= 0.6 is 24.8 Å². The van der Waals surface area contributed by atoms with E-state index in [-0.39, 0.29) is 43.4 Å². The summed E-state index contributed by atoms with van der Waals surface area (Å²) in [6, 6.07) is 30.2. The van der Waals surface area contributed by atoms with Gasteiger partial charge < -0.3 is 5.11 Å². The van der Waals surface area contributed by atoms with Crippen LogP contribution in [-0.4, -0.2) is 53.1 Å². The van der Waals surface area contributed by atoms with Gasteiger partial charge in [-0.3, -0.25) is 14.6 Å². The van der Waals surface area contributed by atoms with Crippen LogP contribution in [0.5, 0.6) is 0 Å². The van der Waals surface area contributed by atoms with Crippen molar-refractivity contribution >= 4 is 30.8 Å². The minimum Gasteiger partial charge on any atom is -0.480 e. The first-order valence-corrected chi connectivity index (χ1v) is 10.5. The van der Waals surface area contributed by atoms with Crippen molar-refractivity contribution in [3.8, 4) is 11.1 Å². The van der Waals surface area contributed by atoms with Crippen LogP contribution < -0.4 is 0 Å². The van der Waals surface area contributed by atoms with E-state index in [0.717, 1.165) is 19.6 Å². The Labute approximate surface area is 202 Å². The average Bonchev–Trinajstić information content (AvgIpc) is 2.77. The van der Waals surface area contributed by atoms with E-state index >= 15 is 0 Å². The van der Waals surface area contributed by atoms with Gasteiger partial charge in [-0.2, -0.15) is 0 Å². The molecule has 0 radical (unpaired) electrons. The van der Waals surface area contributed by atoms with Gasteiger partial charge in [0.2, 0.25) is 0 Å². The summed E-state index contributed by atoms with van der Waals surface area (Å²) in [7, 11) is 0. The number of carboxylic acid groups (broad SMARTS) is 1. The quantitative estimate of drug-likeness (QED) is 0.522. The number of halogens is 2. The third kappa shape index (κ3) is 6.11. The highest BCUT2D eigenvalue weighted by atomic mass is 35.5. The van der Waals surface area contributed by atoms with Gasteiger partial charge in [0.15, 0.2) is 0 Å². The molecule has 0 bridgehead atoms. The lowest BCUT2D eigenvalue weighted by Gasteiger charge is -2.43. The van der Waals surface area contributed by atoms with Crippen LogP contribution in [0.2, 0.25) is 0 Å². The zero-order valence-corrected chi connectivity index (χ0v) is 19.8. The van der Waals surface area contributed by atoms with Crippen molar-refractivity contribution in [2.24, 2.45) is 0 Å². The number of carbonyl (C=O) groups is 1. The zero-order valence-electron chi connectivity index (χ0n) is 18.1. The van der Waals surface area contributed by atoms with Crippen molar-refractivity contribution in [1.29, 1.82) is 0 Å². The summed E-state index contributed by atoms with van der Waals surface area (Å²) in [5.74, 6) is -0.759. The molecule has 2 unspecified atom stereocenters. The van der Waals surface area contributed by atoms with E-state index in [4.69, 9.17) is 0 Å². The topological polar surface area (TPSA) is 43.8 Å². The lowest BCUT2D eigenvalue weighted by molar-refractivity contribution is -0.139. The monoisotopic (exact) mass is 472 g/mol. The SMILES string of the molecule is CC1CN(C(c2ccccc2)c2cccc(-c3ccccc3)c2)CCN1CC(=O)O.Cl.Cl. The smallest absolute Gasteiger partial charge is 0.317 e. The van der Waals surface area contributed by atoms with Crippen LogP contribution in [0.25, 0.3) is 11.1 Å². The highest BCUT2D eigenvalue weighted by Crippen LogP contribution is 2.33. The molecular weight excluding hydrogens is 443 g/mol. The number of nitrogens with zero attached hydrogens (tertiary/aromatic N) is 2. The molecule has 32 heavy (non-hydrogen) atoms. The molecule has 1 heterocycles. The lowest BCUT2D eigenvalue weighted by atomic mass is 9.93. The highest BCUT2D eigenvalue weighted by Gasteiger charge is 2.31. The first kappa shape index (κ1) is 25.9. The van der Waals surface area contributed by atoms with Gasteiger partial charge in [-0.1, -0.05) is 78.9 Å². The molecule has 2 atom stereocenters. The summed E-state index contributed by atoms with van der Waals surface area (Å²) >= 11 is 0. The standard InChI is InChI=1S/C26H28N2O2.2ClH/c1-20-18-28(16-15-27(20)19-25(29)30)26(22-11-6-3-7-12-22)24-14-8-13-23(17-24)21-9-4-2-5-10-21;;/h2-14,17,20,26H,15-16,18-19H2,1H3,(H,29,30);2*1H. The van der Waals surface area contributed by atoms with Crippen molar-refractivity contribution in [2.45, 2.75) is 19.0 Å². The van der Waals surface area contributed by atoms with Gasteiger partial charge in [0.05, 0.1) is 12.6 Å². The number of carboxylic acids is 1. The number of hydrogen-bond acceptors (Lipinski definition) is 3. The number of benzene rings is 3. The third-order valence-electron chi connectivity index (χ3n) is 5.92. The largest absolute Gasteiger partial charge is 0.480 e. The molecule has 0 spiro atoms.